The molecule has 0 aromatic carbocycles. The van der Waals surface area contributed by atoms with Crippen LogP contribution in [0.5, 0.6) is 0 Å². The van der Waals surface area contributed by atoms with E-state index in [2.05, 4.69) is 34.3 Å². The third-order valence-corrected chi connectivity index (χ3v) is 8.39. The fourth-order valence-electron chi connectivity index (χ4n) is 1.92. The Morgan fingerprint density at radius 3 is 1.75 bits per heavy atom. The minimum atomic E-state index is -1.54. The molecule has 72 valence electrons. The summed E-state index contributed by atoms with van der Waals surface area (Å²) in [6, 6.07) is 1.07. The van der Waals surface area contributed by atoms with Gasteiger partial charge in [0.15, 0.2) is 0 Å². The van der Waals surface area contributed by atoms with Gasteiger partial charge in [-0.05, 0) is 17.1 Å². The van der Waals surface area contributed by atoms with Crippen molar-refractivity contribution in [2.24, 2.45) is 0 Å². The number of rotatable bonds is 5. The van der Waals surface area contributed by atoms with E-state index < -0.39 is 8.32 Å². The first-order chi connectivity index (χ1) is 5.51. The first kappa shape index (κ1) is 11.9. The minimum absolute atomic E-state index is 0.667. The van der Waals surface area contributed by atoms with E-state index in [9.17, 15) is 0 Å². The Balaban J connectivity index is 4.62. The van der Waals surface area contributed by atoms with E-state index >= 15 is 0 Å². The van der Waals surface area contributed by atoms with E-state index in [1.165, 1.54) is 0 Å². The lowest BCUT2D eigenvalue weighted by atomic mass is 10.5. The lowest BCUT2D eigenvalue weighted by Crippen LogP contribution is -2.43. The fraction of sp³-hybridized carbons (Fsp3) is 0.800. The minimum Gasteiger partial charge on any atom is -0.419 e. The molecule has 0 aliphatic heterocycles. The number of hydrogen-bond donors (Lipinski definition) is 0. The van der Waals surface area contributed by atoms with Crippen molar-refractivity contribution < 1.29 is 4.43 Å². The van der Waals surface area contributed by atoms with Crippen LogP contribution in [0, 0.1) is 0 Å². The van der Waals surface area contributed by atoms with Crippen LogP contribution in [0.15, 0.2) is 12.7 Å². The number of hydrogen-bond acceptors (Lipinski definition) is 1. The molecule has 0 aliphatic carbocycles. The van der Waals surface area contributed by atoms with Crippen LogP contribution >= 0.6 is 0 Å². The van der Waals surface area contributed by atoms with Crippen molar-refractivity contribution in [1.82, 2.24) is 0 Å². The molecule has 0 bridgehead atoms. The second kappa shape index (κ2) is 4.82. The van der Waals surface area contributed by atoms with Crippen LogP contribution in [0.2, 0.25) is 17.1 Å². The van der Waals surface area contributed by atoms with E-state index in [1.54, 1.807) is 0 Å². The Bertz CT molecular complexity index is 133. The molecule has 2 heteroatoms. The van der Waals surface area contributed by atoms with E-state index in [0.717, 1.165) is 6.04 Å². The van der Waals surface area contributed by atoms with Crippen molar-refractivity contribution in [1.29, 1.82) is 0 Å². The molecule has 0 amide bonds. The highest BCUT2D eigenvalue weighted by Crippen LogP contribution is 2.36. The highest BCUT2D eigenvalue weighted by atomic mass is 28.4. The predicted octanol–water partition coefficient (Wildman–Crippen LogP) is 3.58. The molecular formula is C10H22OSi. The van der Waals surface area contributed by atoms with Gasteiger partial charge in [0, 0.05) is 7.11 Å². The van der Waals surface area contributed by atoms with Gasteiger partial charge in [0.1, 0.15) is 0 Å². The highest BCUT2D eigenvalue weighted by molar-refractivity contribution is 6.76. The molecule has 0 aliphatic rings. The van der Waals surface area contributed by atoms with Gasteiger partial charge in [-0.3, -0.25) is 0 Å². The average molecular weight is 186 g/mol. The van der Waals surface area contributed by atoms with Gasteiger partial charge in [-0.15, -0.1) is 6.58 Å². The molecule has 0 radical (unpaired) electrons. The molecule has 0 unspecified atom stereocenters. The average Bonchev–Trinajstić information content (AvgIpc) is 1.98. The summed E-state index contributed by atoms with van der Waals surface area (Å²) in [4.78, 5) is 0. The molecule has 0 aromatic heterocycles. The molecule has 0 aromatic rings. The second-order valence-electron chi connectivity index (χ2n) is 3.96. The maximum atomic E-state index is 5.77. The predicted molar refractivity (Wildman–Crippen MR) is 58.0 cm³/mol. The van der Waals surface area contributed by atoms with Crippen molar-refractivity contribution in [2.75, 3.05) is 7.11 Å². The molecule has 0 rings (SSSR count). The van der Waals surface area contributed by atoms with Gasteiger partial charge < -0.3 is 4.43 Å². The lowest BCUT2D eigenvalue weighted by molar-refractivity contribution is 0.374. The molecule has 12 heavy (non-hydrogen) atoms. The van der Waals surface area contributed by atoms with Gasteiger partial charge >= 0.3 is 0 Å². The smallest absolute Gasteiger partial charge is 0.200 e. The fourth-order valence-corrected chi connectivity index (χ4v) is 5.76. The van der Waals surface area contributed by atoms with Crippen LogP contribution in [0.1, 0.15) is 27.7 Å². The summed E-state index contributed by atoms with van der Waals surface area (Å²) >= 11 is 0. The maximum absolute atomic E-state index is 5.77. The Hall–Kier alpha value is -0.0831. The van der Waals surface area contributed by atoms with Gasteiger partial charge in [-0.1, -0.05) is 33.8 Å². The third kappa shape index (κ3) is 2.20. The summed E-state index contributed by atoms with van der Waals surface area (Å²) in [7, 11) is 0.315. The van der Waals surface area contributed by atoms with Crippen molar-refractivity contribution in [3.8, 4) is 0 Å². The number of allylic oxidation sites excluding steroid dienone is 1. The molecule has 0 saturated heterocycles. The summed E-state index contributed by atoms with van der Waals surface area (Å²) in [5, 5.41) is 0. The summed E-state index contributed by atoms with van der Waals surface area (Å²) < 4.78 is 5.77. The molecule has 0 atom stereocenters. The molecule has 0 fully saturated rings. The highest BCUT2D eigenvalue weighted by Gasteiger charge is 2.39. The lowest BCUT2D eigenvalue weighted by Gasteiger charge is -2.36. The summed E-state index contributed by atoms with van der Waals surface area (Å²) in [5.74, 6) is 0. The summed E-state index contributed by atoms with van der Waals surface area (Å²) in [5.41, 5.74) is 1.33. The van der Waals surface area contributed by atoms with Crippen LogP contribution in [0.25, 0.3) is 0 Å². The maximum Gasteiger partial charge on any atom is 0.200 e. The van der Waals surface area contributed by atoms with Crippen molar-refractivity contribution in [2.45, 2.75) is 44.8 Å². The zero-order valence-electron chi connectivity index (χ0n) is 9.05. The quantitative estimate of drug-likeness (QED) is 0.471. The van der Waals surface area contributed by atoms with Gasteiger partial charge in [0.25, 0.3) is 0 Å². The topological polar surface area (TPSA) is 9.23 Å². The van der Waals surface area contributed by atoms with Crippen molar-refractivity contribution in [3.63, 3.8) is 0 Å². The standard InChI is InChI=1S/C10H22OSi/c1-7-8-12(11-6,9(2)3)10(4)5/h7,9-10H,1,8H2,2-6H3. The molecule has 0 saturated carbocycles. The monoisotopic (exact) mass is 186 g/mol. The Labute approximate surface area is 78.0 Å². The molecule has 0 N–H and O–H groups in total. The SMILES string of the molecule is C=CC[Si](OC)(C(C)C)C(C)C. The van der Waals surface area contributed by atoms with Crippen LogP contribution in [0.4, 0.5) is 0 Å². The van der Waals surface area contributed by atoms with Gasteiger partial charge in [0.2, 0.25) is 8.32 Å². The third-order valence-electron chi connectivity index (χ3n) is 2.80. The molecule has 1 nitrogen and oxygen atoms in total. The molecular weight excluding hydrogens is 164 g/mol. The van der Waals surface area contributed by atoms with Crippen LogP contribution in [-0.4, -0.2) is 15.4 Å². The normalized spacial score (nSPS) is 12.6. The summed E-state index contributed by atoms with van der Waals surface area (Å²) in [6.45, 7) is 12.9. The largest absolute Gasteiger partial charge is 0.419 e. The van der Waals surface area contributed by atoms with Crippen molar-refractivity contribution >= 4 is 8.32 Å². The van der Waals surface area contributed by atoms with Crippen LogP contribution < -0.4 is 0 Å². The first-order valence-electron chi connectivity index (χ1n) is 4.67. The van der Waals surface area contributed by atoms with E-state index in [-0.39, 0.29) is 0 Å². The van der Waals surface area contributed by atoms with Gasteiger partial charge in [-0.2, -0.15) is 0 Å². The Kier molecular flexibility index (Phi) is 4.79. The van der Waals surface area contributed by atoms with Crippen LogP contribution in [0.3, 0.4) is 0 Å². The van der Waals surface area contributed by atoms with Crippen LogP contribution in [-0.2, 0) is 4.43 Å². The zero-order valence-corrected chi connectivity index (χ0v) is 10.1. The Morgan fingerprint density at radius 2 is 1.67 bits per heavy atom. The van der Waals surface area contributed by atoms with Crippen molar-refractivity contribution in [3.05, 3.63) is 12.7 Å². The zero-order chi connectivity index (χ0) is 9.78. The van der Waals surface area contributed by atoms with E-state index in [0.29, 0.717) is 11.1 Å². The molecule has 0 heterocycles. The van der Waals surface area contributed by atoms with Gasteiger partial charge in [0.05, 0.1) is 0 Å². The second-order valence-corrected chi connectivity index (χ2v) is 9.00. The van der Waals surface area contributed by atoms with E-state index in [1.807, 2.05) is 13.2 Å². The first-order valence-corrected chi connectivity index (χ1v) is 6.94. The van der Waals surface area contributed by atoms with E-state index in [4.69, 9.17) is 4.43 Å². The molecule has 0 spiro atoms. The van der Waals surface area contributed by atoms with Gasteiger partial charge in [-0.25, -0.2) is 0 Å². The summed E-state index contributed by atoms with van der Waals surface area (Å²) in [6.07, 6.45) is 2.01. The Morgan fingerprint density at radius 1 is 1.25 bits per heavy atom.